The van der Waals surface area contributed by atoms with Gasteiger partial charge in [0.1, 0.15) is 6.54 Å². The van der Waals surface area contributed by atoms with E-state index in [9.17, 15) is 14.4 Å². The molecule has 0 unspecified atom stereocenters. The Balaban J connectivity index is 2.20. The van der Waals surface area contributed by atoms with E-state index < -0.39 is 11.2 Å². The molecule has 0 spiro atoms. The van der Waals surface area contributed by atoms with Crippen molar-refractivity contribution in [2.24, 2.45) is 20.0 Å². The number of carbonyl (C=O) groups excluding carboxylic acids is 1. The Kier molecular flexibility index (Phi) is 5.02. The summed E-state index contributed by atoms with van der Waals surface area (Å²) in [7, 11) is 3.21. The van der Waals surface area contributed by atoms with Crippen LogP contribution in [-0.2, 0) is 25.4 Å². The summed E-state index contributed by atoms with van der Waals surface area (Å²) >= 11 is 0. The monoisotopic (exact) mass is 321 g/mol. The molecule has 8 heteroatoms. The van der Waals surface area contributed by atoms with Gasteiger partial charge in [0.05, 0.1) is 6.33 Å². The van der Waals surface area contributed by atoms with Gasteiger partial charge in [-0.05, 0) is 18.8 Å². The normalized spacial score (nSPS) is 11.3. The van der Waals surface area contributed by atoms with Crippen molar-refractivity contribution in [1.29, 1.82) is 0 Å². The number of carbonyl (C=O) groups is 1. The van der Waals surface area contributed by atoms with Crippen LogP contribution in [0, 0.1) is 5.92 Å². The summed E-state index contributed by atoms with van der Waals surface area (Å²) < 4.78 is 3.78. The van der Waals surface area contributed by atoms with E-state index >= 15 is 0 Å². The third-order valence-corrected chi connectivity index (χ3v) is 3.78. The maximum Gasteiger partial charge on any atom is 0.332 e. The van der Waals surface area contributed by atoms with Gasteiger partial charge >= 0.3 is 5.69 Å². The van der Waals surface area contributed by atoms with Crippen LogP contribution in [0.1, 0.15) is 26.7 Å². The lowest BCUT2D eigenvalue weighted by Crippen LogP contribution is -2.43. The first-order valence-electron chi connectivity index (χ1n) is 7.70. The second-order valence-corrected chi connectivity index (χ2v) is 6.15. The van der Waals surface area contributed by atoms with Crippen LogP contribution >= 0.6 is 0 Å². The number of amides is 1. The van der Waals surface area contributed by atoms with Crippen LogP contribution in [0.5, 0.6) is 0 Å². The van der Waals surface area contributed by atoms with Crippen molar-refractivity contribution < 1.29 is 4.79 Å². The molecule has 0 saturated heterocycles. The van der Waals surface area contributed by atoms with Gasteiger partial charge in [0.25, 0.3) is 5.56 Å². The van der Waals surface area contributed by atoms with Crippen molar-refractivity contribution >= 4 is 17.1 Å². The van der Waals surface area contributed by atoms with Gasteiger partial charge in [0.15, 0.2) is 11.2 Å². The molecule has 23 heavy (non-hydrogen) atoms. The van der Waals surface area contributed by atoms with E-state index in [0.29, 0.717) is 23.6 Å². The Bertz CT molecular complexity index is 828. The Morgan fingerprint density at radius 1 is 1.30 bits per heavy atom. The van der Waals surface area contributed by atoms with Crippen molar-refractivity contribution in [3.05, 3.63) is 27.2 Å². The lowest BCUT2D eigenvalue weighted by atomic mass is 10.1. The molecule has 2 aromatic rings. The Morgan fingerprint density at radius 3 is 2.65 bits per heavy atom. The second kappa shape index (κ2) is 6.80. The quantitative estimate of drug-likeness (QED) is 0.757. The molecule has 126 valence electrons. The molecule has 0 aliphatic heterocycles. The van der Waals surface area contributed by atoms with Gasteiger partial charge in [-0.2, -0.15) is 0 Å². The van der Waals surface area contributed by atoms with Crippen LogP contribution < -0.4 is 16.6 Å². The number of aromatic nitrogens is 4. The topological polar surface area (TPSA) is 90.9 Å². The summed E-state index contributed by atoms with van der Waals surface area (Å²) in [5, 5.41) is 2.75. The number of nitrogens with one attached hydrogen (secondary N) is 1. The third-order valence-electron chi connectivity index (χ3n) is 3.78. The molecule has 0 saturated carbocycles. The highest BCUT2D eigenvalue weighted by Crippen LogP contribution is 2.03. The molecule has 0 aliphatic carbocycles. The van der Waals surface area contributed by atoms with E-state index in [-0.39, 0.29) is 12.5 Å². The minimum atomic E-state index is -0.543. The van der Waals surface area contributed by atoms with Crippen LogP contribution in [0.3, 0.4) is 0 Å². The standard InChI is InChI=1S/C15H23N5O3/c1-10(2)6-5-7-16-11(21)8-20-14(22)12-13(17-9-18(12)3)19(4)15(20)23/h9-10H,5-8H2,1-4H3,(H,16,21). The molecule has 0 aromatic carbocycles. The molecule has 1 amide bonds. The number of fused-ring (bicyclic) bond motifs is 1. The minimum absolute atomic E-state index is 0.283. The second-order valence-electron chi connectivity index (χ2n) is 6.15. The van der Waals surface area contributed by atoms with Gasteiger partial charge in [-0.15, -0.1) is 0 Å². The van der Waals surface area contributed by atoms with Crippen molar-refractivity contribution in [1.82, 2.24) is 24.0 Å². The number of hydrogen-bond acceptors (Lipinski definition) is 4. The van der Waals surface area contributed by atoms with Gasteiger partial charge in [0.2, 0.25) is 5.91 Å². The summed E-state index contributed by atoms with van der Waals surface area (Å²) in [5.74, 6) is 0.239. The van der Waals surface area contributed by atoms with E-state index in [1.165, 1.54) is 17.9 Å². The van der Waals surface area contributed by atoms with Crippen molar-refractivity contribution in [2.75, 3.05) is 6.54 Å². The predicted octanol–water partition coefficient (Wildman–Crippen LogP) is -0.0139. The van der Waals surface area contributed by atoms with Crippen LogP contribution in [0.2, 0.25) is 0 Å². The molecular formula is C15H23N5O3. The van der Waals surface area contributed by atoms with Crippen molar-refractivity contribution in [2.45, 2.75) is 33.2 Å². The summed E-state index contributed by atoms with van der Waals surface area (Å²) in [6.45, 7) is 4.50. The van der Waals surface area contributed by atoms with Gasteiger partial charge in [-0.25, -0.2) is 14.3 Å². The van der Waals surface area contributed by atoms with Gasteiger partial charge in [-0.1, -0.05) is 13.8 Å². The van der Waals surface area contributed by atoms with Gasteiger partial charge in [0, 0.05) is 20.6 Å². The fourth-order valence-corrected chi connectivity index (χ4v) is 2.47. The highest BCUT2D eigenvalue weighted by molar-refractivity contribution is 5.76. The van der Waals surface area contributed by atoms with Crippen molar-refractivity contribution in [3.63, 3.8) is 0 Å². The van der Waals surface area contributed by atoms with E-state index in [0.717, 1.165) is 17.4 Å². The number of aryl methyl sites for hydroxylation is 2. The molecule has 0 radical (unpaired) electrons. The van der Waals surface area contributed by atoms with Crippen molar-refractivity contribution in [3.8, 4) is 0 Å². The summed E-state index contributed by atoms with van der Waals surface area (Å²) in [5.41, 5.74) is -0.422. The first kappa shape index (κ1) is 17.0. The van der Waals surface area contributed by atoms with E-state index in [4.69, 9.17) is 0 Å². The summed E-state index contributed by atoms with van der Waals surface area (Å²) in [4.78, 5) is 40.8. The Morgan fingerprint density at radius 2 is 2.00 bits per heavy atom. The first-order chi connectivity index (χ1) is 10.8. The molecule has 2 heterocycles. The smallest absolute Gasteiger partial charge is 0.332 e. The van der Waals surface area contributed by atoms with Crippen LogP contribution in [0.15, 0.2) is 15.9 Å². The van der Waals surface area contributed by atoms with Crippen LogP contribution in [-0.4, -0.2) is 31.1 Å². The lowest BCUT2D eigenvalue weighted by molar-refractivity contribution is -0.121. The SMILES string of the molecule is CC(C)CCCNC(=O)Cn1c(=O)c2c(ncn2C)n(C)c1=O. The maximum absolute atomic E-state index is 12.4. The minimum Gasteiger partial charge on any atom is -0.355 e. The number of imidazole rings is 1. The fourth-order valence-electron chi connectivity index (χ4n) is 2.47. The first-order valence-corrected chi connectivity index (χ1v) is 7.70. The Hall–Kier alpha value is -2.38. The third kappa shape index (κ3) is 3.52. The Labute approximate surface area is 133 Å². The maximum atomic E-state index is 12.4. The van der Waals surface area contributed by atoms with Gasteiger partial charge < -0.3 is 9.88 Å². The average molecular weight is 321 g/mol. The van der Waals surface area contributed by atoms with E-state index in [1.807, 2.05) is 0 Å². The van der Waals surface area contributed by atoms with Crippen LogP contribution in [0.4, 0.5) is 0 Å². The molecule has 0 bridgehead atoms. The molecular weight excluding hydrogens is 298 g/mol. The van der Waals surface area contributed by atoms with Gasteiger partial charge in [-0.3, -0.25) is 14.2 Å². The highest BCUT2D eigenvalue weighted by atomic mass is 16.2. The molecule has 0 atom stereocenters. The number of nitrogens with zero attached hydrogens (tertiary/aromatic N) is 4. The molecule has 0 fully saturated rings. The molecule has 2 aromatic heterocycles. The largest absolute Gasteiger partial charge is 0.355 e. The molecule has 1 N–H and O–H groups in total. The number of hydrogen-bond donors (Lipinski definition) is 1. The summed E-state index contributed by atoms with van der Waals surface area (Å²) in [6.07, 6.45) is 3.36. The average Bonchev–Trinajstić information content (AvgIpc) is 2.88. The zero-order chi connectivity index (χ0) is 17.1. The summed E-state index contributed by atoms with van der Waals surface area (Å²) in [6, 6.07) is 0. The highest BCUT2D eigenvalue weighted by Gasteiger charge is 2.16. The fraction of sp³-hybridized carbons (Fsp3) is 0.600. The van der Waals surface area contributed by atoms with E-state index in [1.54, 1.807) is 11.6 Å². The predicted molar refractivity (Wildman–Crippen MR) is 87.3 cm³/mol. The number of rotatable bonds is 6. The molecule has 0 aliphatic rings. The van der Waals surface area contributed by atoms with Crippen LogP contribution in [0.25, 0.3) is 11.2 Å². The lowest BCUT2D eigenvalue weighted by Gasteiger charge is -2.10. The zero-order valence-corrected chi connectivity index (χ0v) is 14.0. The molecule has 2 rings (SSSR count). The molecule has 8 nitrogen and oxygen atoms in total. The van der Waals surface area contributed by atoms with E-state index in [2.05, 4.69) is 24.1 Å². The zero-order valence-electron chi connectivity index (χ0n) is 14.0.